The molecule has 1 aliphatic heterocycles. The summed E-state index contributed by atoms with van der Waals surface area (Å²) in [5.41, 5.74) is 1.91. The van der Waals surface area contributed by atoms with E-state index in [1.165, 1.54) is 31.0 Å². The number of fused-ring (bicyclic) bond motifs is 1. The van der Waals surface area contributed by atoms with Gasteiger partial charge in [-0.1, -0.05) is 13.0 Å². The van der Waals surface area contributed by atoms with Crippen LogP contribution in [0.15, 0.2) is 46.2 Å². The van der Waals surface area contributed by atoms with Crippen molar-refractivity contribution in [3.8, 4) is 5.75 Å². The van der Waals surface area contributed by atoms with Crippen molar-refractivity contribution in [2.45, 2.75) is 35.8 Å². The second kappa shape index (κ2) is 8.69. The van der Waals surface area contributed by atoms with E-state index in [1.54, 1.807) is 32.0 Å². The fourth-order valence-electron chi connectivity index (χ4n) is 3.06. The summed E-state index contributed by atoms with van der Waals surface area (Å²) in [6, 6.07) is 10.0. The van der Waals surface area contributed by atoms with E-state index in [-0.39, 0.29) is 21.8 Å². The number of thioether (sulfide) groups is 1. The van der Waals surface area contributed by atoms with E-state index < -0.39 is 21.7 Å². The van der Waals surface area contributed by atoms with Crippen LogP contribution in [-0.4, -0.2) is 38.3 Å². The number of carbonyl (C=O) groups excluding carboxylic acids is 2. The van der Waals surface area contributed by atoms with Crippen molar-refractivity contribution in [3.63, 3.8) is 0 Å². The summed E-state index contributed by atoms with van der Waals surface area (Å²) in [5.74, 6) is -1.23. The average molecular weight is 449 g/mol. The molecule has 160 valence electrons. The highest BCUT2D eigenvalue weighted by molar-refractivity contribution is 8.01. The van der Waals surface area contributed by atoms with Gasteiger partial charge in [0.15, 0.2) is 9.84 Å². The zero-order valence-electron chi connectivity index (χ0n) is 17.2. The van der Waals surface area contributed by atoms with Gasteiger partial charge in [-0.05, 0) is 49.7 Å². The van der Waals surface area contributed by atoms with Crippen LogP contribution in [0.2, 0.25) is 0 Å². The van der Waals surface area contributed by atoms with Gasteiger partial charge in [0.2, 0.25) is 11.8 Å². The van der Waals surface area contributed by atoms with Crippen LogP contribution in [0.1, 0.15) is 19.4 Å². The molecule has 0 aliphatic carbocycles. The Kier molecular flexibility index (Phi) is 6.42. The van der Waals surface area contributed by atoms with Crippen LogP contribution in [-0.2, 0) is 19.4 Å². The smallest absolute Gasteiger partial charge is 0.237 e. The van der Waals surface area contributed by atoms with Gasteiger partial charge in [0, 0.05) is 10.8 Å². The number of rotatable bonds is 6. The summed E-state index contributed by atoms with van der Waals surface area (Å²) in [4.78, 5) is 25.4. The number of nitrogens with one attached hydrogen (secondary N) is 2. The molecule has 0 unspecified atom stereocenters. The van der Waals surface area contributed by atoms with E-state index in [9.17, 15) is 18.0 Å². The highest BCUT2D eigenvalue weighted by atomic mass is 32.2. The number of sulfone groups is 1. The third-order valence-corrected chi connectivity index (χ3v) is 7.86. The van der Waals surface area contributed by atoms with Gasteiger partial charge in [0.25, 0.3) is 0 Å². The quantitative estimate of drug-likeness (QED) is 0.702. The maximum atomic E-state index is 12.9. The van der Waals surface area contributed by atoms with Crippen LogP contribution in [0.3, 0.4) is 0 Å². The first-order valence-corrected chi connectivity index (χ1v) is 11.9. The minimum absolute atomic E-state index is 0.0736. The molecular formula is C21H24N2O5S2. The van der Waals surface area contributed by atoms with Crippen molar-refractivity contribution in [1.82, 2.24) is 0 Å². The van der Waals surface area contributed by atoms with E-state index in [2.05, 4.69) is 10.6 Å². The Labute approximate surface area is 180 Å². The number of carbonyl (C=O) groups is 2. The molecule has 0 bridgehead atoms. The number of ether oxygens (including phenoxy) is 1. The van der Waals surface area contributed by atoms with E-state index in [0.717, 1.165) is 10.5 Å². The van der Waals surface area contributed by atoms with Crippen molar-refractivity contribution in [3.05, 3.63) is 42.0 Å². The number of anilines is 2. The Hall–Kier alpha value is -2.52. The zero-order valence-corrected chi connectivity index (χ0v) is 18.8. The van der Waals surface area contributed by atoms with Crippen LogP contribution < -0.4 is 15.4 Å². The second-order valence-electron chi connectivity index (χ2n) is 7.28. The lowest BCUT2D eigenvalue weighted by Crippen LogP contribution is -2.28. The Morgan fingerprint density at radius 2 is 2.00 bits per heavy atom. The molecule has 0 radical (unpaired) electrons. The topological polar surface area (TPSA) is 102 Å². The van der Waals surface area contributed by atoms with E-state index in [0.29, 0.717) is 17.1 Å². The van der Waals surface area contributed by atoms with Gasteiger partial charge in [-0.25, -0.2) is 8.42 Å². The standard InChI is InChI=1S/C21H24N2O5S2/c1-12-5-7-18(28-4)16(9-12)22-20(24)13(2)11-30(26,27)15-6-8-19-17(10-15)23-21(25)14(3)29-19/h5-10,13-14H,11H2,1-4H3,(H,22,24)(H,23,25)/t13-,14+/m1/s1. The molecule has 1 heterocycles. The number of hydrogen-bond donors (Lipinski definition) is 2. The molecule has 30 heavy (non-hydrogen) atoms. The summed E-state index contributed by atoms with van der Waals surface area (Å²) < 4.78 is 31.0. The summed E-state index contributed by atoms with van der Waals surface area (Å²) in [7, 11) is -2.24. The molecule has 0 saturated heterocycles. The minimum atomic E-state index is -3.74. The van der Waals surface area contributed by atoms with Crippen LogP contribution in [0.4, 0.5) is 11.4 Å². The Morgan fingerprint density at radius 1 is 1.27 bits per heavy atom. The zero-order chi connectivity index (χ0) is 22.1. The summed E-state index contributed by atoms with van der Waals surface area (Å²) in [5, 5.41) is 5.25. The highest BCUT2D eigenvalue weighted by Gasteiger charge is 2.27. The lowest BCUT2D eigenvalue weighted by atomic mass is 10.1. The van der Waals surface area contributed by atoms with E-state index >= 15 is 0 Å². The first kappa shape index (κ1) is 22.2. The molecule has 2 aromatic carbocycles. The molecule has 0 spiro atoms. The molecule has 0 fully saturated rings. The summed E-state index contributed by atoms with van der Waals surface area (Å²) in [6.07, 6.45) is 0. The first-order chi connectivity index (χ1) is 14.1. The Bertz CT molecular complexity index is 1100. The van der Waals surface area contributed by atoms with Crippen LogP contribution >= 0.6 is 11.8 Å². The summed E-state index contributed by atoms with van der Waals surface area (Å²) in [6.45, 7) is 5.24. The molecule has 2 atom stereocenters. The predicted octanol–water partition coefficient (Wildman–Crippen LogP) is 3.48. The number of amides is 2. The molecule has 9 heteroatoms. The average Bonchev–Trinajstić information content (AvgIpc) is 2.68. The summed E-state index contributed by atoms with van der Waals surface area (Å²) >= 11 is 1.38. The number of methoxy groups -OCH3 is 1. The Morgan fingerprint density at radius 3 is 2.70 bits per heavy atom. The van der Waals surface area contributed by atoms with Crippen LogP contribution in [0.5, 0.6) is 5.75 Å². The highest BCUT2D eigenvalue weighted by Crippen LogP contribution is 2.37. The predicted molar refractivity (Wildman–Crippen MR) is 118 cm³/mol. The lowest BCUT2D eigenvalue weighted by Gasteiger charge is -2.22. The fraction of sp³-hybridized carbons (Fsp3) is 0.333. The van der Waals surface area contributed by atoms with E-state index in [1.807, 2.05) is 13.0 Å². The number of benzene rings is 2. The van der Waals surface area contributed by atoms with Gasteiger partial charge in [-0.3, -0.25) is 9.59 Å². The van der Waals surface area contributed by atoms with Gasteiger partial charge in [-0.15, -0.1) is 11.8 Å². The third kappa shape index (κ3) is 4.79. The van der Waals surface area contributed by atoms with E-state index in [4.69, 9.17) is 4.74 Å². The normalized spacial score (nSPS) is 16.9. The molecule has 2 amide bonds. The van der Waals surface area contributed by atoms with Gasteiger partial charge >= 0.3 is 0 Å². The van der Waals surface area contributed by atoms with Crippen molar-refractivity contribution in [1.29, 1.82) is 0 Å². The minimum Gasteiger partial charge on any atom is -0.495 e. The first-order valence-electron chi connectivity index (χ1n) is 9.40. The molecule has 2 N–H and O–H groups in total. The van der Waals surface area contributed by atoms with Crippen LogP contribution in [0.25, 0.3) is 0 Å². The maximum absolute atomic E-state index is 12.9. The molecule has 2 aromatic rings. The molecule has 1 aliphatic rings. The fourth-order valence-corrected chi connectivity index (χ4v) is 5.56. The molecule has 7 nitrogen and oxygen atoms in total. The van der Waals surface area contributed by atoms with Gasteiger partial charge < -0.3 is 15.4 Å². The van der Waals surface area contributed by atoms with Gasteiger partial charge in [-0.2, -0.15) is 0 Å². The lowest BCUT2D eigenvalue weighted by molar-refractivity contribution is -0.119. The molecule has 3 rings (SSSR count). The largest absolute Gasteiger partial charge is 0.495 e. The SMILES string of the molecule is COc1ccc(C)cc1NC(=O)[C@H](C)CS(=O)(=O)c1ccc2c(c1)NC(=O)[C@H](C)S2. The molecular weight excluding hydrogens is 424 g/mol. The second-order valence-corrected chi connectivity index (χ2v) is 10.7. The van der Waals surface area contributed by atoms with Gasteiger partial charge in [0.05, 0.1) is 34.4 Å². The maximum Gasteiger partial charge on any atom is 0.237 e. The van der Waals surface area contributed by atoms with Crippen molar-refractivity contribution in [2.75, 3.05) is 23.5 Å². The molecule has 0 saturated carbocycles. The van der Waals surface area contributed by atoms with Crippen molar-refractivity contribution in [2.24, 2.45) is 5.92 Å². The molecule has 0 aromatic heterocycles. The monoisotopic (exact) mass is 448 g/mol. The third-order valence-electron chi connectivity index (χ3n) is 4.77. The van der Waals surface area contributed by atoms with Crippen molar-refractivity contribution < 1.29 is 22.7 Å². The van der Waals surface area contributed by atoms with Crippen molar-refractivity contribution >= 4 is 44.8 Å². The Balaban J connectivity index is 1.75. The van der Waals surface area contributed by atoms with Gasteiger partial charge in [0.1, 0.15) is 5.75 Å². The van der Waals surface area contributed by atoms with Crippen LogP contribution in [0, 0.1) is 12.8 Å². The number of aryl methyl sites for hydroxylation is 1. The number of hydrogen-bond acceptors (Lipinski definition) is 6.